The molecule has 2 rings (SSSR count). The third-order valence-electron chi connectivity index (χ3n) is 3.57. The Morgan fingerprint density at radius 1 is 1.00 bits per heavy atom. The summed E-state index contributed by atoms with van der Waals surface area (Å²) < 4.78 is 0. The van der Waals surface area contributed by atoms with Gasteiger partial charge in [-0.05, 0) is 30.7 Å². The van der Waals surface area contributed by atoms with Crippen LogP contribution in [0.2, 0.25) is 0 Å². The van der Waals surface area contributed by atoms with Gasteiger partial charge in [-0.2, -0.15) is 0 Å². The minimum atomic E-state index is -0.432. The van der Waals surface area contributed by atoms with E-state index in [1.54, 1.807) is 0 Å². The number of para-hydroxylation sites is 1. The first-order valence-corrected chi connectivity index (χ1v) is 7.47. The average Bonchev–Trinajstić information content (AvgIpc) is 2.55. The van der Waals surface area contributed by atoms with Gasteiger partial charge in [0.25, 0.3) is 0 Å². The maximum atomic E-state index is 10.0. The van der Waals surface area contributed by atoms with E-state index >= 15 is 0 Å². The lowest BCUT2D eigenvalue weighted by Crippen LogP contribution is -2.26. The average molecular weight is 284 g/mol. The van der Waals surface area contributed by atoms with Crippen LogP contribution in [0, 0.1) is 0 Å². The fraction of sp³-hybridized carbons (Fsp3) is 0.333. The first-order valence-electron chi connectivity index (χ1n) is 7.47. The van der Waals surface area contributed by atoms with Gasteiger partial charge in [-0.25, -0.2) is 0 Å². The van der Waals surface area contributed by atoms with Crippen LogP contribution in [0.4, 0.5) is 5.69 Å². The van der Waals surface area contributed by atoms with Crippen LogP contribution in [0.1, 0.15) is 18.1 Å². The highest BCUT2D eigenvalue weighted by atomic mass is 16.3. The molecule has 1 atom stereocenters. The van der Waals surface area contributed by atoms with Gasteiger partial charge >= 0.3 is 0 Å². The molecule has 0 saturated heterocycles. The van der Waals surface area contributed by atoms with Crippen molar-refractivity contribution >= 4 is 5.69 Å². The van der Waals surface area contributed by atoms with E-state index in [0.717, 1.165) is 25.1 Å². The molecule has 2 N–H and O–H groups in total. The molecule has 0 spiro atoms. The van der Waals surface area contributed by atoms with Crippen LogP contribution in [-0.4, -0.2) is 31.8 Å². The molecule has 3 nitrogen and oxygen atoms in total. The zero-order chi connectivity index (χ0) is 14.9. The molecule has 0 aliphatic carbocycles. The molecule has 1 unspecified atom stereocenters. The van der Waals surface area contributed by atoms with Crippen LogP contribution in [0.5, 0.6) is 0 Å². The molecule has 0 fully saturated rings. The van der Waals surface area contributed by atoms with Crippen molar-refractivity contribution in [3.8, 4) is 0 Å². The zero-order valence-electron chi connectivity index (χ0n) is 12.6. The highest BCUT2D eigenvalue weighted by Gasteiger charge is 2.05. The summed E-state index contributed by atoms with van der Waals surface area (Å²) in [6.07, 6.45) is 0.616. The summed E-state index contributed by atoms with van der Waals surface area (Å²) >= 11 is 0. The van der Waals surface area contributed by atoms with Gasteiger partial charge in [0, 0.05) is 25.8 Å². The predicted molar refractivity (Wildman–Crippen MR) is 88.6 cm³/mol. The lowest BCUT2D eigenvalue weighted by atomic mass is 10.1. The van der Waals surface area contributed by atoms with Crippen LogP contribution in [-0.2, 0) is 0 Å². The molecule has 0 amide bonds. The molecule has 0 radical (unpaired) electrons. The van der Waals surface area contributed by atoms with Crippen molar-refractivity contribution in [2.24, 2.45) is 0 Å². The van der Waals surface area contributed by atoms with Crippen LogP contribution in [0.3, 0.4) is 0 Å². The lowest BCUT2D eigenvalue weighted by Gasteiger charge is -2.19. The highest BCUT2D eigenvalue weighted by molar-refractivity contribution is 5.44. The predicted octanol–water partition coefficient (Wildman–Crippen LogP) is 2.84. The Morgan fingerprint density at radius 2 is 1.62 bits per heavy atom. The minimum absolute atomic E-state index is 0.432. The molecule has 0 aliphatic rings. The number of nitrogens with zero attached hydrogens (tertiary/aromatic N) is 1. The van der Waals surface area contributed by atoms with Gasteiger partial charge in [-0.3, -0.25) is 0 Å². The molecule has 0 bridgehead atoms. The molecular weight excluding hydrogens is 260 g/mol. The van der Waals surface area contributed by atoms with Crippen molar-refractivity contribution in [2.75, 3.05) is 31.6 Å². The highest BCUT2D eigenvalue weighted by Crippen LogP contribution is 2.11. The second-order valence-electron chi connectivity index (χ2n) is 5.24. The number of aliphatic hydroxyl groups is 1. The number of aliphatic hydroxyl groups excluding tert-OH is 1. The Labute approximate surface area is 127 Å². The summed E-state index contributed by atoms with van der Waals surface area (Å²) in [7, 11) is 2.11. The summed E-state index contributed by atoms with van der Waals surface area (Å²) in [5.74, 6) is 0. The van der Waals surface area contributed by atoms with E-state index in [-0.39, 0.29) is 0 Å². The van der Waals surface area contributed by atoms with E-state index < -0.39 is 6.10 Å². The molecular formula is C18H24N2O. The van der Waals surface area contributed by atoms with E-state index in [2.05, 4.69) is 41.5 Å². The van der Waals surface area contributed by atoms with Gasteiger partial charge in [0.1, 0.15) is 0 Å². The van der Waals surface area contributed by atoms with Gasteiger partial charge in [0.05, 0.1) is 6.10 Å². The van der Waals surface area contributed by atoms with Crippen LogP contribution in [0.25, 0.3) is 0 Å². The molecule has 0 saturated carbocycles. The van der Waals surface area contributed by atoms with Crippen molar-refractivity contribution < 1.29 is 5.11 Å². The second-order valence-corrected chi connectivity index (χ2v) is 5.24. The molecule has 112 valence electrons. The third kappa shape index (κ3) is 5.21. The quantitative estimate of drug-likeness (QED) is 0.732. The van der Waals surface area contributed by atoms with Crippen molar-refractivity contribution in [1.82, 2.24) is 5.32 Å². The molecule has 0 heterocycles. The first-order chi connectivity index (χ1) is 10.3. The molecule has 0 aliphatic heterocycles. The smallest absolute Gasteiger partial charge is 0.0914 e. The first kappa shape index (κ1) is 15.5. The number of rotatable bonds is 8. The van der Waals surface area contributed by atoms with Crippen LogP contribution in [0.15, 0.2) is 60.7 Å². The Morgan fingerprint density at radius 3 is 2.29 bits per heavy atom. The number of nitrogens with one attached hydrogen (secondary N) is 1. The summed E-state index contributed by atoms with van der Waals surface area (Å²) in [6.45, 7) is 2.50. The number of hydrogen-bond acceptors (Lipinski definition) is 3. The van der Waals surface area contributed by atoms with E-state index in [9.17, 15) is 5.11 Å². The monoisotopic (exact) mass is 284 g/mol. The van der Waals surface area contributed by atoms with Crippen molar-refractivity contribution in [3.63, 3.8) is 0 Å². The fourth-order valence-corrected chi connectivity index (χ4v) is 2.28. The lowest BCUT2D eigenvalue weighted by molar-refractivity contribution is 0.175. The summed E-state index contributed by atoms with van der Waals surface area (Å²) in [6, 6.07) is 20.2. The van der Waals surface area contributed by atoms with E-state index in [0.29, 0.717) is 6.54 Å². The number of hydrogen-bond donors (Lipinski definition) is 2. The Balaban J connectivity index is 1.62. The Hall–Kier alpha value is -1.84. The standard InChI is InChI=1S/C18H24N2O/c1-20(17-11-6-3-7-12-17)14-8-13-19-15-18(21)16-9-4-2-5-10-16/h2-7,9-12,18-19,21H,8,13-15H2,1H3. The van der Waals surface area contributed by atoms with Gasteiger partial charge < -0.3 is 15.3 Å². The topological polar surface area (TPSA) is 35.5 Å². The fourth-order valence-electron chi connectivity index (χ4n) is 2.28. The van der Waals surface area contributed by atoms with Crippen molar-refractivity contribution in [2.45, 2.75) is 12.5 Å². The molecule has 2 aromatic rings. The SMILES string of the molecule is CN(CCCNCC(O)c1ccccc1)c1ccccc1. The van der Waals surface area contributed by atoms with E-state index in [1.807, 2.05) is 36.4 Å². The van der Waals surface area contributed by atoms with Gasteiger partial charge in [0.15, 0.2) is 0 Å². The Kier molecular flexibility index (Phi) is 6.25. The number of benzene rings is 2. The van der Waals surface area contributed by atoms with Crippen molar-refractivity contribution in [3.05, 3.63) is 66.2 Å². The zero-order valence-corrected chi connectivity index (χ0v) is 12.6. The van der Waals surface area contributed by atoms with E-state index in [1.165, 1.54) is 5.69 Å². The second kappa shape index (κ2) is 8.45. The molecule has 21 heavy (non-hydrogen) atoms. The normalized spacial score (nSPS) is 12.1. The van der Waals surface area contributed by atoms with Crippen LogP contribution < -0.4 is 10.2 Å². The summed E-state index contributed by atoms with van der Waals surface area (Å²) in [4.78, 5) is 2.25. The molecule has 2 aromatic carbocycles. The van der Waals surface area contributed by atoms with Crippen LogP contribution >= 0.6 is 0 Å². The summed E-state index contributed by atoms with van der Waals surface area (Å²) in [5.41, 5.74) is 2.20. The molecule has 0 aromatic heterocycles. The summed E-state index contributed by atoms with van der Waals surface area (Å²) in [5, 5.41) is 13.3. The van der Waals surface area contributed by atoms with Crippen molar-refractivity contribution in [1.29, 1.82) is 0 Å². The van der Waals surface area contributed by atoms with Gasteiger partial charge in [0.2, 0.25) is 0 Å². The van der Waals surface area contributed by atoms with Gasteiger partial charge in [-0.15, -0.1) is 0 Å². The number of anilines is 1. The van der Waals surface area contributed by atoms with Gasteiger partial charge in [-0.1, -0.05) is 48.5 Å². The maximum Gasteiger partial charge on any atom is 0.0914 e. The van der Waals surface area contributed by atoms with E-state index in [4.69, 9.17) is 0 Å². The third-order valence-corrected chi connectivity index (χ3v) is 3.57. The Bertz CT molecular complexity index is 454. The maximum absolute atomic E-state index is 10.0. The molecule has 3 heteroatoms. The minimum Gasteiger partial charge on any atom is -0.387 e. The largest absolute Gasteiger partial charge is 0.387 e.